The minimum absolute atomic E-state index is 1.36. The molecule has 82 valence electrons. The van der Waals surface area contributed by atoms with E-state index in [0.717, 1.165) is 0 Å². The van der Waals surface area contributed by atoms with Gasteiger partial charge in [0, 0.05) is 0 Å². The van der Waals surface area contributed by atoms with Crippen LogP contribution in [-0.4, -0.2) is 8.42 Å². The van der Waals surface area contributed by atoms with Crippen LogP contribution in [0.4, 0.5) is 0 Å². The van der Waals surface area contributed by atoms with Gasteiger partial charge in [0.1, 0.15) is 0 Å². The van der Waals surface area contributed by atoms with Crippen LogP contribution in [0.2, 0.25) is 0 Å². The maximum atomic E-state index is 9.19. The fourth-order valence-electron chi connectivity index (χ4n) is 0.854. The van der Waals surface area contributed by atoms with Gasteiger partial charge < -0.3 is 0 Å². The minimum Gasteiger partial charge on any atom is -0.216 e. The van der Waals surface area contributed by atoms with Crippen molar-refractivity contribution in [2.45, 2.75) is 52.4 Å². The Bertz CT molecular complexity index is 165. The summed E-state index contributed by atoms with van der Waals surface area (Å²) in [5, 5.41) is 8.21. The molecule has 0 aromatic rings. The normalized spacial score (nSPS) is 10.5. The molecule has 0 aliphatic heterocycles. The Morgan fingerprint density at radius 2 is 1.08 bits per heavy atom. The van der Waals surface area contributed by atoms with E-state index in [-0.39, 0.29) is 0 Å². The standard InChI is InChI=1S/C8H18.H4N2O2S/c1-3-5-7-8-6-4-2;1-5(2,3)4/h3-8H2,1-2H3;(H4,1,2,3,4). The fraction of sp³-hybridized carbons (Fsp3) is 1.00. The summed E-state index contributed by atoms with van der Waals surface area (Å²) in [6, 6.07) is 0. The van der Waals surface area contributed by atoms with E-state index >= 15 is 0 Å². The molecule has 0 atom stereocenters. The average Bonchev–Trinajstić information content (AvgIpc) is 1.95. The van der Waals surface area contributed by atoms with Crippen molar-refractivity contribution >= 4 is 10.2 Å². The second-order valence-electron chi connectivity index (χ2n) is 3.00. The Morgan fingerprint density at radius 3 is 1.23 bits per heavy atom. The predicted octanol–water partition coefficient (Wildman–Crippen LogP) is 1.52. The van der Waals surface area contributed by atoms with Crippen molar-refractivity contribution in [1.29, 1.82) is 0 Å². The lowest BCUT2D eigenvalue weighted by molar-refractivity contribution is 0.599. The Labute approximate surface area is 81.9 Å². The van der Waals surface area contributed by atoms with Crippen LogP contribution >= 0.6 is 0 Å². The van der Waals surface area contributed by atoms with Gasteiger partial charge in [-0.05, 0) is 0 Å². The van der Waals surface area contributed by atoms with Gasteiger partial charge in [0.05, 0.1) is 0 Å². The predicted molar refractivity (Wildman–Crippen MR) is 56.3 cm³/mol. The monoisotopic (exact) mass is 210 g/mol. The molecule has 0 aliphatic rings. The van der Waals surface area contributed by atoms with Gasteiger partial charge in [0.25, 0.3) is 10.2 Å². The third-order valence-corrected chi connectivity index (χ3v) is 1.46. The Hall–Kier alpha value is -0.130. The molecule has 0 fully saturated rings. The molecule has 0 rings (SSSR count). The highest BCUT2D eigenvalue weighted by molar-refractivity contribution is 7.86. The molecule has 0 aromatic heterocycles. The number of unbranched alkanes of at least 4 members (excludes halogenated alkanes) is 5. The second-order valence-corrected chi connectivity index (χ2v) is 4.18. The lowest BCUT2D eigenvalue weighted by atomic mass is 10.1. The van der Waals surface area contributed by atoms with Crippen LogP contribution in [0.3, 0.4) is 0 Å². The highest BCUT2D eigenvalue weighted by atomic mass is 32.2. The van der Waals surface area contributed by atoms with Crippen LogP contribution in [0.1, 0.15) is 52.4 Å². The van der Waals surface area contributed by atoms with Crippen molar-refractivity contribution in [1.82, 2.24) is 0 Å². The zero-order valence-corrected chi connectivity index (χ0v) is 9.44. The molecule has 0 heterocycles. The van der Waals surface area contributed by atoms with Crippen LogP contribution < -0.4 is 10.3 Å². The molecule has 0 saturated heterocycles. The lowest BCUT2D eigenvalue weighted by Gasteiger charge is -1.93. The first-order chi connectivity index (χ1) is 5.91. The van der Waals surface area contributed by atoms with Crippen molar-refractivity contribution in [2.75, 3.05) is 0 Å². The molecule has 0 bridgehead atoms. The van der Waals surface area contributed by atoms with Gasteiger partial charge >= 0.3 is 0 Å². The van der Waals surface area contributed by atoms with Crippen molar-refractivity contribution in [3.05, 3.63) is 0 Å². The van der Waals surface area contributed by atoms with Crippen LogP contribution in [-0.2, 0) is 10.2 Å². The largest absolute Gasteiger partial charge is 0.271 e. The lowest BCUT2D eigenvalue weighted by Crippen LogP contribution is -2.21. The smallest absolute Gasteiger partial charge is 0.216 e. The van der Waals surface area contributed by atoms with Gasteiger partial charge in [-0.3, -0.25) is 0 Å². The third-order valence-electron chi connectivity index (χ3n) is 1.46. The summed E-state index contributed by atoms with van der Waals surface area (Å²) in [7, 11) is -3.67. The van der Waals surface area contributed by atoms with E-state index in [1.807, 2.05) is 0 Å². The van der Waals surface area contributed by atoms with E-state index in [9.17, 15) is 8.42 Å². The molecule has 4 nitrogen and oxygen atoms in total. The summed E-state index contributed by atoms with van der Waals surface area (Å²) in [5.41, 5.74) is 0. The maximum Gasteiger partial charge on any atom is 0.271 e. The first-order valence-corrected chi connectivity index (χ1v) is 6.33. The Morgan fingerprint density at radius 1 is 0.846 bits per heavy atom. The molecule has 0 saturated carbocycles. The van der Waals surface area contributed by atoms with E-state index < -0.39 is 10.2 Å². The Kier molecular flexibility index (Phi) is 11.8. The van der Waals surface area contributed by atoms with Gasteiger partial charge in [-0.15, -0.1) is 0 Å². The van der Waals surface area contributed by atoms with Gasteiger partial charge in [-0.25, -0.2) is 10.3 Å². The first-order valence-electron chi connectivity index (χ1n) is 4.72. The molecule has 0 spiro atoms. The topological polar surface area (TPSA) is 86.2 Å². The number of hydrogen-bond donors (Lipinski definition) is 2. The van der Waals surface area contributed by atoms with Crippen molar-refractivity contribution < 1.29 is 8.42 Å². The summed E-state index contributed by atoms with van der Waals surface area (Å²) in [6.07, 6.45) is 8.49. The fourth-order valence-corrected chi connectivity index (χ4v) is 0.854. The summed E-state index contributed by atoms with van der Waals surface area (Å²) in [5.74, 6) is 0. The first kappa shape index (κ1) is 15.3. The van der Waals surface area contributed by atoms with Gasteiger partial charge in [0.15, 0.2) is 0 Å². The molecular formula is C8H22N2O2S. The van der Waals surface area contributed by atoms with Crippen molar-refractivity contribution in [3.63, 3.8) is 0 Å². The molecule has 0 amide bonds. The van der Waals surface area contributed by atoms with Gasteiger partial charge in [0.2, 0.25) is 0 Å². The van der Waals surface area contributed by atoms with E-state index in [1.54, 1.807) is 0 Å². The molecule has 13 heavy (non-hydrogen) atoms. The second kappa shape index (κ2) is 9.95. The number of hydrogen-bond acceptors (Lipinski definition) is 2. The zero-order chi connectivity index (χ0) is 10.7. The summed E-state index contributed by atoms with van der Waals surface area (Å²) < 4.78 is 18.4. The van der Waals surface area contributed by atoms with Crippen molar-refractivity contribution in [3.8, 4) is 0 Å². The summed E-state index contributed by atoms with van der Waals surface area (Å²) in [4.78, 5) is 0. The van der Waals surface area contributed by atoms with Crippen molar-refractivity contribution in [2.24, 2.45) is 10.3 Å². The molecule has 4 N–H and O–H groups in total. The van der Waals surface area contributed by atoms with E-state index in [0.29, 0.717) is 0 Å². The highest BCUT2D eigenvalue weighted by Gasteiger charge is 1.83. The van der Waals surface area contributed by atoms with Crippen LogP contribution in [0.15, 0.2) is 0 Å². The van der Waals surface area contributed by atoms with Crippen LogP contribution in [0.25, 0.3) is 0 Å². The third kappa shape index (κ3) is 48.8. The minimum atomic E-state index is -3.67. The molecule has 5 heteroatoms. The van der Waals surface area contributed by atoms with Crippen LogP contribution in [0, 0.1) is 0 Å². The van der Waals surface area contributed by atoms with E-state index in [2.05, 4.69) is 24.1 Å². The molecule has 0 aliphatic carbocycles. The number of rotatable bonds is 5. The summed E-state index contributed by atoms with van der Waals surface area (Å²) in [6.45, 7) is 4.51. The summed E-state index contributed by atoms with van der Waals surface area (Å²) >= 11 is 0. The molecule has 0 aromatic carbocycles. The highest BCUT2D eigenvalue weighted by Crippen LogP contribution is 2.03. The number of nitrogens with two attached hydrogens (primary N) is 2. The zero-order valence-electron chi connectivity index (χ0n) is 8.62. The quantitative estimate of drug-likeness (QED) is 0.674. The van der Waals surface area contributed by atoms with Gasteiger partial charge in [-0.2, -0.15) is 8.42 Å². The molecular weight excluding hydrogens is 188 g/mol. The average molecular weight is 210 g/mol. The SMILES string of the molecule is CCCCCCCC.NS(N)(=O)=O. The molecule has 0 unspecified atom stereocenters. The van der Waals surface area contributed by atoms with E-state index in [4.69, 9.17) is 0 Å². The molecule has 0 radical (unpaired) electrons. The van der Waals surface area contributed by atoms with Gasteiger partial charge in [-0.1, -0.05) is 52.4 Å². The van der Waals surface area contributed by atoms with E-state index in [1.165, 1.54) is 38.5 Å². The van der Waals surface area contributed by atoms with Crippen LogP contribution in [0.5, 0.6) is 0 Å². The Balaban J connectivity index is 0. The maximum absolute atomic E-state index is 9.19.